The second-order valence-corrected chi connectivity index (χ2v) is 3.64. The second-order valence-electron chi connectivity index (χ2n) is 3.64. The van der Waals surface area contributed by atoms with E-state index in [-0.39, 0.29) is 0 Å². The Labute approximate surface area is 75.2 Å². The molecule has 0 atom stereocenters. The van der Waals surface area contributed by atoms with Gasteiger partial charge < -0.3 is 9.64 Å². The monoisotopic (exact) mass is 169 g/mol. The van der Waals surface area contributed by atoms with E-state index in [0.29, 0.717) is 6.04 Å². The van der Waals surface area contributed by atoms with Crippen molar-refractivity contribution < 1.29 is 4.74 Å². The summed E-state index contributed by atoms with van der Waals surface area (Å²) in [6, 6.07) is 0.689. The normalized spacial score (nSPS) is 19.8. The number of piperidine rings is 1. The number of hydrogen-bond donors (Lipinski definition) is 0. The van der Waals surface area contributed by atoms with E-state index in [1.807, 2.05) is 6.26 Å². The lowest BCUT2D eigenvalue weighted by Crippen LogP contribution is -2.36. The average Bonchev–Trinajstić information content (AvgIpc) is 2.06. The Morgan fingerprint density at radius 1 is 1.33 bits per heavy atom. The van der Waals surface area contributed by atoms with Crippen molar-refractivity contribution in [2.24, 2.45) is 0 Å². The highest BCUT2D eigenvalue weighted by molar-refractivity contribution is 5.02. The molecule has 0 unspecified atom stereocenters. The number of nitrogens with zero attached hydrogens (tertiary/aromatic N) is 1. The first-order valence-corrected chi connectivity index (χ1v) is 4.69. The minimum atomic E-state index is 0.689. The van der Waals surface area contributed by atoms with E-state index in [1.54, 1.807) is 7.11 Å². The first-order valence-electron chi connectivity index (χ1n) is 4.69. The topological polar surface area (TPSA) is 12.5 Å². The van der Waals surface area contributed by atoms with Crippen LogP contribution in [0.15, 0.2) is 11.8 Å². The first-order chi connectivity index (χ1) is 5.74. The Morgan fingerprint density at radius 3 is 2.33 bits per heavy atom. The summed E-state index contributed by atoms with van der Waals surface area (Å²) in [6.45, 7) is 6.88. The SMILES string of the molecule is COC=C1CCN(C(C)C)CC1. The molecule has 0 spiro atoms. The third-order valence-corrected chi connectivity index (χ3v) is 2.46. The van der Waals surface area contributed by atoms with Crippen molar-refractivity contribution in [3.8, 4) is 0 Å². The Hall–Kier alpha value is -0.500. The van der Waals surface area contributed by atoms with Gasteiger partial charge in [-0.1, -0.05) is 0 Å². The highest BCUT2D eigenvalue weighted by atomic mass is 16.5. The van der Waals surface area contributed by atoms with Gasteiger partial charge >= 0.3 is 0 Å². The van der Waals surface area contributed by atoms with Crippen LogP contribution in [0.1, 0.15) is 26.7 Å². The standard InChI is InChI=1S/C10H19NO/c1-9(2)11-6-4-10(5-7-11)8-12-3/h8-9H,4-7H2,1-3H3. The summed E-state index contributed by atoms with van der Waals surface area (Å²) >= 11 is 0. The van der Waals surface area contributed by atoms with Crippen LogP contribution in [0.2, 0.25) is 0 Å². The van der Waals surface area contributed by atoms with E-state index in [0.717, 1.165) is 0 Å². The molecule has 0 saturated carbocycles. The Bertz CT molecular complexity index is 153. The Kier molecular flexibility index (Phi) is 3.60. The fourth-order valence-electron chi connectivity index (χ4n) is 1.61. The molecule has 2 heteroatoms. The van der Waals surface area contributed by atoms with Gasteiger partial charge in [0.15, 0.2) is 0 Å². The number of ether oxygens (including phenoxy) is 1. The van der Waals surface area contributed by atoms with Crippen molar-refractivity contribution in [1.29, 1.82) is 0 Å². The maximum atomic E-state index is 5.00. The molecule has 0 N–H and O–H groups in total. The number of likely N-dealkylation sites (tertiary alicyclic amines) is 1. The van der Waals surface area contributed by atoms with Gasteiger partial charge in [-0.15, -0.1) is 0 Å². The summed E-state index contributed by atoms with van der Waals surface area (Å²) in [5.41, 5.74) is 1.45. The van der Waals surface area contributed by atoms with Crippen LogP contribution in [-0.4, -0.2) is 31.1 Å². The molecule has 0 aromatic heterocycles. The molecular formula is C10H19NO. The molecule has 2 nitrogen and oxygen atoms in total. The fourth-order valence-corrected chi connectivity index (χ4v) is 1.61. The quantitative estimate of drug-likeness (QED) is 0.586. The van der Waals surface area contributed by atoms with Crippen LogP contribution in [0.25, 0.3) is 0 Å². The van der Waals surface area contributed by atoms with Gasteiger partial charge in [-0.25, -0.2) is 0 Å². The van der Waals surface area contributed by atoms with Crippen LogP contribution in [0, 0.1) is 0 Å². The van der Waals surface area contributed by atoms with Crippen LogP contribution in [0.5, 0.6) is 0 Å². The molecule has 1 saturated heterocycles. The number of methoxy groups -OCH3 is 1. The lowest BCUT2D eigenvalue weighted by molar-refractivity contribution is 0.203. The van der Waals surface area contributed by atoms with E-state index < -0.39 is 0 Å². The van der Waals surface area contributed by atoms with Crippen LogP contribution in [-0.2, 0) is 4.74 Å². The molecule has 0 radical (unpaired) electrons. The van der Waals surface area contributed by atoms with Crippen LogP contribution in [0.4, 0.5) is 0 Å². The molecule has 0 amide bonds. The number of rotatable bonds is 2. The zero-order chi connectivity index (χ0) is 8.97. The van der Waals surface area contributed by atoms with Gasteiger partial charge in [0.2, 0.25) is 0 Å². The molecule has 70 valence electrons. The molecular weight excluding hydrogens is 150 g/mol. The summed E-state index contributed by atoms with van der Waals surface area (Å²) in [6.07, 6.45) is 4.25. The highest BCUT2D eigenvalue weighted by Gasteiger charge is 2.15. The van der Waals surface area contributed by atoms with Crippen molar-refractivity contribution in [3.05, 3.63) is 11.8 Å². The van der Waals surface area contributed by atoms with E-state index >= 15 is 0 Å². The highest BCUT2D eigenvalue weighted by Crippen LogP contribution is 2.17. The van der Waals surface area contributed by atoms with Gasteiger partial charge in [0.25, 0.3) is 0 Å². The average molecular weight is 169 g/mol. The van der Waals surface area contributed by atoms with Crippen molar-refractivity contribution in [1.82, 2.24) is 4.90 Å². The number of hydrogen-bond acceptors (Lipinski definition) is 2. The van der Waals surface area contributed by atoms with Crippen LogP contribution in [0.3, 0.4) is 0 Å². The minimum Gasteiger partial charge on any atom is -0.504 e. The van der Waals surface area contributed by atoms with Gasteiger partial charge in [-0.3, -0.25) is 0 Å². The minimum absolute atomic E-state index is 0.689. The van der Waals surface area contributed by atoms with Crippen molar-refractivity contribution in [2.75, 3.05) is 20.2 Å². The maximum Gasteiger partial charge on any atom is 0.0817 e. The Morgan fingerprint density at radius 2 is 1.92 bits per heavy atom. The largest absolute Gasteiger partial charge is 0.504 e. The third-order valence-electron chi connectivity index (χ3n) is 2.46. The summed E-state index contributed by atoms with van der Waals surface area (Å²) in [7, 11) is 1.72. The van der Waals surface area contributed by atoms with Gasteiger partial charge in [-0.2, -0.15) is 0 Å². The van der Waals surface area contributed by atoms with Gasteiger partial charge in [0.1, 0.15) is 0 Å². The molecule has 0 aromatic carbocycles. The summed E-state index contributed by atoms with van der Waals surface area (Å²) < 4.78 is 5.00. The molecule has 1 aliphatic heterocycles. The Balaban J connectivity index is 2.34. The van der Waals surface area contributed by atoms with Crippen molar-refractivity contribution in [2.45, 2.75) is 32.7 Å². The fraction of sp³-hybridized carbons (Fsp3) is 0.800. The smallest absolute Gasteiger partial charge is 0.0817 e. The molecule has 1 fully saturated rings. The van der Waals surface area contributed by atoms with Crippen LogP contribution >= 0.6 is 0 Å². The van der Waals surface area contributed by atoms with Gasteiger partial charge in [0.05, 0.1) is 13.4 Å². The second kappa shape index (κ2) is 4.51. The van der Waals surface area contributed by atoms with Crippen molar-refractivity contribution >= 4 is 0 Å². The molecule has 1 aliphatic rings. The third kappa shape index (κ3) is 2.52. The predicted octanol–water partition coefficient (Wildman–Crippen LogP) is 2.02. The molecule has 1 rings (SSSR count). The van der Waals surface area contributed by atoms with Gasteiger partial charge in [-0.05, 0) is 32.3 Å². The van der Waals surface area contributed by atoms with Crippen LogP contribution < -0.4 is 0 Å². The summed E-state index contributed by atoms with van der Waals surface area (Å²) in [5, 5.41) is 0. The van der Waals surface area contributed by atoms with E-state index in [9.17, 15) is 0 Å². The predicted molar refractivity (Wildman–Crippen MR) is 51.0 cm³/mol. The van der Waals surface area contributed by atoms with E-state index in [1.165, 1.54) is 31.5 Å². The van der Waals surface area contributed by atoms with E-state index in [4.69, 9.17) is 4.74 Å². The van der Waals surface area contributed by atoms with E-state index in [2.05, 4.69) is 18.7 Å². The molecule has 1 heterocycles. The maximum absolute atomic E-state index is 5.00. The molecule has 0 bridgehead atoms. The molecule has 12 heavy (non-hydrogen) atoms. The lowest BCUT2D eigenvalue weighted by Gasteiger charge is -2.31. The zero-order valence-corrected chi connectivity index (χ0v) is 8.34. The van der Waals surface area contributed by atoms with Crippen molar-refractivity contribution in [3.63, 3.8) is 0 Å². The summed E-state index contributed by atoms with van der Waals surface area (Å²) in [5.74, 6) is 0. The summed E-state index contributed by atoms with van der Waals surface area (Å²) in [4.78, 5) is 2.51. The lowest BCUT2D eigenvalue weighted by atomic mass is 10.0. The van der Waals surface area contributed by atoms with Gasteiger partial charge in [0, 0.05) is 19.1 Å². The molecule has 0 aliphatic carbocycles. The molecule has 0 aromatic rings. The first kappa shape index (κ1) is 9.59. The zero-order valence-electron chi connectivity index (χ0n) is 8.34.